The molecular formula is C18H21N7O. The Morgan fingerprint density at radius 3 is 2.62 bits per heavy atom. The van der Waals surface area contributed by atoms with Crippen LogP contribution in [0.2, 0.25) is 0 Å². The number of amides is 1. The maximum atomic E-state index is 12.2. The molecule has 0 fully saturated rings. The van der Waals surface area contributed by atoms with E-state index < -0.39 is 0 Å². The van der Waals surface area contributed by atoms with Gasteiger partial charge in [-0.1, -0.05) is 12.1 Å². The van der Waals surface area contributed by atoms with Crippen molar-refractivity contribution in [2.75, 3.05) is 18.4 Å². The van der Waals surface area contributed by atoms with Crippen molar-refractivity contribution >= 4 is 11.6 Å². The van der Waals surface area contributed by atoms with Crippen molar-refractivity contribution in [3.8, 4) is 0 Å². The first-order valence-electron chi connectivity index (χ1n) is 8.38. The molecule has 0 saturated carbocycles. The summed E-state index contributed by atoms with van der Waals surface area (Å²) in [5, 5.41) is 17.6. The normalized spacial score (nSPS) is 10.5. The number of hydrogen-bond acceptors (Lipinski definition) is 6. The molecule has 134 valence electrons. The molecule has 2 heterocycles. The second-order valence-corrected chi connectivity index (χ2v) is 5.95. The van der Waals surface area contributed by atoms with Crippen LogP contribution < -0.4 is 10.6 Å². The molecule has 0 unspecified atom stereocenters. The Bertz CT molecular complexity index is 873. The second kappa shape index (κ2) is 8.19. The molecule has 0 aliphatic carbocycles. The van der Waals surface area contributed by atoms with E-state index in [4.69, 9.17) is 0 Å². The van der Waals surface area contributed by atoms with E-state index >= 15 is 0 Å². The molecule has 0 radical (unpaired) electrons. The minimum Gasteiger partial charge on any atom is -0.383 e. The molecule has 2 N–H and O–H groups in total. The van der Waals surface area contributed by atoms with Gasteiger partial charge in [0, 0.05) is 36.7 Å². The summed E-state index contributed by atoms with van der Waals surface area (Å²) in [6.07, 6.45) is 3.55. The molecule has 0 atom stereocenters. The number of carbonyl (C=O) groups excluding carboxylic acids is 1. The van der Waals surface area contributed by atoms with Crippen molar-refractivity contribution in [3.05, 3.63) is 65.2 Å². The predicted octanol–water partition coefficient (Wildman–Crippen LogP) is 1.58. The molecule has 0 aliphatic rings. The Labute approximate surface area is 151 Å². The Balaban J connectivity index is 1.47. The third-order valence-electron chi connectivity index (χ3n) is 4.01. The number of benzene rings is 1. The van der Waals surface area contributed by atoms with Crippen LogP contribution in [0.1, 0.15) is 27.3 Å². The van der Waals surface area contributed by atoms with Gasteiger partial charge in [0.15, 0.2) is 0 Å². The molecule has 8 nitrogen and oxygen atoms in total. The van der Waals surface area contributed by atoms with Crippen molar-refractivity contribution in [3.63, 3.8) is 0 Å². The highest BCUT2D eigenvalue weighted by Crippen LogP contribution is 2.10. The fourth-order valence-corrected chi connectivity index (χ4v) is 2.48. The Hall–Kier alpha value is -3.29. The lowest BCUT2D eigenvalue weighted by molar-refractivity contribution is 0.0955. The quantitative estimate of drug-likeness (QED) is 0.627. The summed E-state index contributed by atoms with van der Waals surface area (Å²) in [6.45, 7) is 5.60. The number of pyridine rings is 1. The largest absolute Gasteiger partial charge is 0.383 e. The summed E-state index contributed by atoms with van der Waals surface area (Å²) < 4.78 is 1.71. The van der Waals surface area contributed by atoms with Crippen molar-refractivity contribution in [1.82, 2.24) is 30.5 Å². The molecular weight excluding hydrogens is 330 g/mol. The zero-order chi connectivity index (χ0) is 18.4. The molecule has 1 aromatic carbocycles. The van der Waals surface area contributed by atoms with Crippen LogP contribution in [-0.2, 0) is 6.54 Å². The first-order chi connectivity index (χ1) is 12.6. The first-order valence-corrected chi connectivity index (χ1v) is 8.38. The Kier molecular flexibility index (Phi) is 5.52. The van der Waals surface area contributed by atoms with Crippen LogP contribution in [0, 0.1) is 13.8 Å². The number of hydrogen-bond donors (Lipinski definition) is 2. The highest BCUT2D eigenvalue weighted by atomic mass is 16.1. The summed E-state index contributed by atoms with van der Waals surface area (Å²) in [7, 11) is 0. The van der Waals surface area contributed by atoms with E-state index in [9.17, 15) is 4.79 Å². The topological polar surface area (TPSA) is 97.6 Å². The minimum absolute atomic E-state index is 0.0941. The number of nitrogens with one attached hydrogen (secondary N) is 2. The van der Waals surface area contributed by atoms with Crippen LogP contribution in [0.25, 0.3) is 0 Å². The van der Waals surface area contributed by atoms with Crippen molar-refractivity contribution in [1.29, 1.82) is 0 Å². The highest BCUT2D eigenvalue weighted by Gasteiger charge is 2.06. The van der Waals surface area contributed by atoms with Gasteiger partial charge < -0.3 is 10.6 Å². The molecule has 3 rings (SSSR count). The Morgan fingerprint density at radius 2 is 1.92 bits per heavy atom. The average molecular weight is 351 g/mol. The maximum Gasteiger partial charge on any atom is 0.251 e. The van der Waals surface area contributed by atoms with Crippen LogP contribution in [0.3, 0.4) is 0 Å². The highest BCUT2D eigenvalue weighted by molar-refractivity contribution is 5.94. The van der Waals surface area contributed by atoms with Gasteiger partial charge in [-0.3, -0.25) is 9.78 Å². The van der Waals surface area contributed by atoms with Gasteiger partial charge in [0.1, 0.15) is 5.82 Å². The zero-order valence-electron chi connectivity index (χ0n) is 14.8. The summed E-state index contributed by atoms with van der Waals surface area (Å²) in [5.41, 5.74) is 3.76. The standard InChI is InChI=1S/C18H21N7O/c1-13-11-19-8-7-17(13)20-9-10-21-18(26)16-5-3-15(4-6-16)12-25-14(2)22-23-24-25/h3-8,11H,9-10,12H2,1-2H3,(H,19,20)(H,21,26). The van der Waals surface area contributed by atoms with Gasteiger partial charge in [-0.25, -0.2) is 4.68 Å². The molecule has 0 aliphatic heterocycles. The molecule has 0 spiro atoms. The molecule has 26 heavy (non-hydrogen) atoms. The lowest BCUT2D eigenvalue weighted by Gasteiger charge is -2.10. The van der Waals surface area contributed by atoms with Gasteiger partial charge in [0.25, 0.3) is 5.91 Å². The maximum absolute atomic E-state index is 12.2. The van der Waals surface area contributed by atoms with E-state index in [2.05, 4.69) is 31.1 Å². The molecule has 2 aromatic heterocycles. The predicted molar refractivity (Wildman–Crippen MR) is 97.9 cm³/mol. The number of aromatic nitrogens is 5. The van der Waals surface area contributed by atoms with E-state index in [-0.39, 0.29) is 5.91 Å². The van der Waals surface area contributed by atoms with Gasteiger partial charge in [-0.15, -0.1) is 5.10 Å². The number of carbonyl (C=O) groups is 1. The van der Waals surface area contributed by atoms with Crippen molar-refractivity contribution in [2.24, 2.45) is 0 Å². The third-order valence-corrected chi connectivity index (χ3v) is 4.01. The molecule has 1 amide bonds. The smallest absolute Gasteiger partial charge is 0.251 e. The molecule has 0 bridgehead atoms. The van der Waals surface area contributed by atoms with E-state index in [1.165, 1.54) is 0 Å². The number of rotatable bonds is 7. The molecule has 3 aromatic rings. The van der Waals surface area contributed by atoms with Crippen LogP contribution in [0.15, 0.2) is 42.7 Å². The number of nitrogens with zero attached hydrogens (tertiary/aromatic N) is 5. The van der Waals surface area contributed by atoms with Gasteiger partial charge in [-0.2, -0.15) is 0 Å². The van der Waals surface area contributed by atoms with Crippen LogP contribution in [0.5, 0.6) is 0 Å². The Morgan fingerprint density at radius 1 is 1.12 bits per heavy atom. The van der Waals surface area contributed by atoms with Gasteiger partial charge in [-0.05, 0) is 53.6 Å². The number of anilines is 1. The van der Waals surface area contributed by atoms with E-state index in [1.54, 1.807) is 17.1 Å². The fraction of sp³-hybridized carbons (Fsp3) is 0.278. The van der Waals surface area contributed by atoms with Crippen LogP contribution in [0.4, 0.5) is 5.69 Å². The number of aryl methyl sites for hydroxylation is 2. The van der Waals surface area contributed by atoms with Crippen molar-refractivity contribution in [2.45, 2.75) is 20.4 Å². The third kappa shape index (κ3) is 4.41. The van der Waals surface area contributed by atoms with E-state index in [0.717, 1.165) is 22.6 Å². The SMILES string of the molecule is Cc1cnccc1NCCNC(=O)c1ccc(Cn2nnnc2C)cc1. The van der Waals surface area contributed by atoms with Crippen LogP contribution >= 0.6 is 0 Å². The van der Waals surface area contributed by atoms with E-state index in [0.29, 0.717) is 25.2 Å². The van der Waals surface area contributed by atoms with Gasteiger partial charge in [0.2, 0.25) is 0 Å². The minimum atomic E-state index is -0.0941. The molecule has 8 heteroatoms. The van der Waals surface area contributed by atoms with Gasteiger partial charge >= 0.3 is 0 Å². The average Bonchev–Trinajstić information content (AvgIpc) is 3.05. The van der Waals surface area contributed by atoms with Crippen molar-refractivity contribution < 1.29 is 4.79 Å². The summed E-state index contributed by atoms with van der Waals surface area (Å²) in [4.78, 5) is 16.3. The lowest BCUT2D eigenvalue weighted by Crippen LogP contribution is -2.28. The summed E-state index contributed by atoms with van der Waals surface area (Å²) in [6, 6.07) is 9.36. The zero-order valence-corrected chi connectivity index (χ0v) is 14.8. The summed E-state index contributed by atoms with van der Waals surface area (Å²) in [5.74, 6) is 0.659. The summed E-state index contributed by atoms with van der Waals surface area (Å²) >= 11 is 0. The second-order valence-electron chi connectivity index (χ2n) is 5.95. The monoisotopic (exact) mass is 351 g/mol. The van der Waals surface area contributed by atoms with Gasteiger partial charge in [0.05, 0.1) is 6.54 Å². The van der Waals surface area contributed by atoms with E-state index in [1.807, 2.05) is 44.2 Å². The molecule has 0 saturated heterocycles. The fourth-order valence-electron chi connectivity index (χ4n) is 2.48. The van der Waals surface area contributed by atoms with Crippen LogP contribution in [-0.4, -0.2) is 44.2 Å². The number of tetrazole rings is 1. The lowest BCUT2D eigenvalue weighted by atomic mass is 10.1. The first kappa shape index (κ1) is 17.5.